The van der Waals surface area contributed by atoms with Gasteiger partial charge < -0.3 is 10.2 Å². The Hall–Kier alpha value is -2.88. The number of hydrogen-bond acceptors (Lipinski definition) is 4. The van der Waals surface area contributed by atoms with Crippen LogP contribution in [0.4, 0.5) is 5.69 Å². The van der Waals surface area contributed by atoms with E-state index in [1.165, 1.54) is 17.0 Å². The second-order valence-electron chi connectivity index (χ2n) is 10.5. The number of aryl methyl sites for hydroxylation is 1. The van der Waals surface area contributed by atoms with Gasteiger partial charge in [0.05, 0.1) is 10.6 Å². The monoisotopic (exact) mass is 659 g/mol. The molecule has 3 aromatic carbocycles. The second kappa shape index (κ2) is 13.9. The van der Waals surface area contributed by atoms with E-state index in [4.69, 9.17) is 11.6 Å². The highest BCUT2D eigenvalue weighted by atomic mass is 79.9. The van der Waals surface area contributed by atoms with Gasteiger partial charge in [0.25, 0.3) is 10.0 Å². The average Bonchev–Trinajstić information content (AvgIpc) is 2.95. The van der Waals surface area contributed by atoms with Gasteiger partial charge >= 0.3 is 0 Å². The predicted molar refractivity (Wildman–Crippen MR) is 166 cm³/mol. The van der Waals surface area contributed by atoms with Crippen LogP contribution in [0.2, 0.25) is 5.02 Å². The van der Waals surface area contributed by atoms with Crippen molar-refractivity contribution in [1.82, 2.24) is 10.2 Å². The highest BCUT2D eigenvalue weighted by molar-refractivity contribution is 9.10. The first-order chi connectivity index (χ1) is 19.5. The Balaban J connectivity index is 1.67. The fourth-order valence-corrected chi connectivity index (χ4v) is 6.85. The van der Waals surface area contributed by atoms with Crippen LogP contribution in [0, 0.1) is 6.92 Å². The van der Waals surface area contributed by atoms with E-state index in [0.29, 0.717) is 10.7 Å². The van der Waals surface area contributed by atoms with Gasteiger partial charge in [-0.3, -0.25) is 13.9 Å². The highest BCUT2D eigenvalue weighted by Crippen LogP contribution is 2.27. The highest BCUT2D eigenvalue weighted by Gasteiger charge is 2.33. The minimum Gasteiger partial charge on any atom is -0.352 e. The lowest BCUT2D eigenvalue weighted by Crippen LogP contribution is -2.53. The SMILES string of the molecule is Cc1ccc(S(=O)(=O)N(CC(=O)N(Cc2cccc(Cl)c2)[C@H](C)C(=O)NC2CCCCC2)c2ccc(Br)cc2)cc1. The molecule has 1 aliphatic carbocycles. The first-order valence-electron chi connectivity index (χ1n) is 13.7. The van der Waals surface area contributed by atoms with E-state index in [-0.39, 0.29) is 23.4 Å². The van der Waals surface area contributed by atoms with E-state index in [0.717, 1.165) is 52.0 Å². The molecule has 1 aliphatic rings. The normalized spacial score (nSPS) is 14.7. The first-order valence-corrected chi connectivity index (χ1v) is 16.3. The lowest BCUT2D eigenvalue weighted by atomic mass is 9.95. The molecule has 1 saturated carbocycles. The number of carbonyl (C=O) groups excluding carboxylic acids is 2. The largest absolute Gasteiger partial charge is 0.352 e. The number of halogens is 2. The molecule has 0 heterocycles. The van der Waals surface area contributed by atoms with Gasteiger partial charge in [-0.1, -0.05) is 76.6 Å². The van der Waals surface area contributed by atoms with Gasteiger partial charge in [0.15, 0.2) is 0 Å². The van der Waals surface area contributed by atoms with E-state index in [1.807, 2.05) is 13.0 Å². The summed E-state index contributed by atoms with van der Waals surface area (Å²) in [6, 6.07) is 19.6. The molecular formula is C31H35BrClN3O4S. The lowest BCUT2D eigenvalue weighted by Gasteiger charge is -2.33. The minimum atomic E-state index is -4.11. The Labute approximate surface area is 256 Å². The first kappa shape index (κ1) is 31.1. The molecule has 7 nitrogen and oxygen atoms in total. The predicted octanol–water partition coefficient (Wildman–Crippen LogP) is 6.47. The molecule has 0 radical (unpaired) electrons. The zero-order valence-electron chi connectivity index (χ0n) is 23.2. The number of amides is 2. The Morgan fingerprint density at radius 2 is 1.66 bits per heavy atom. The van der Waals surface area contributed by atoms with Gasteiger partial charge in [-0.15, -0.1) is 0 Å². The Kier molecular flexibility index (Phi) is 10.5. The van der Waals surface area contributed by atoms with Crippen LogP contribution >= 0.6 is 27.5 Å². The van der Waals surface area contributed by atoms with Crippen molar-refractivity contribution >= 4 is 55.1 Å². The molecule has 1 fully saturated rings. The maximum absolute atomic E-state index is 14.1. The van der Waals surface area contributed by atoms with E-state index in [9.17, 15) is 18.0 Å². The van der Waals surface area contributed by atoms with Crippen molar-refractivity contribution < 1.29 is 18.0 Å². The smallest absolute Gasteiger partial charge is 0.264 e. The minimum absolute atomic E-state index is 0.0722. The molecule has 0 spiro atoms. The van der Waals surface area contributed by atoms with Gasteiger partial charge in [0.2, 0.25) is 11.8 Å². The van der Waals surface area contributed by atoms with Crippen molar-refractivity contribution in [3.05, 3.63) is 93.4 Å². The quantitative estimate of drug-likeness (QED) is 0.270. The van der Waals surface area contributed by atoms with Crippen molar-refractivity contribution in [2.45, 2.75) is 69.5 Å². The van der Waals surface area contributed by atoms with Crippen molar-refractivity contribution in [1.29, 1.82) is 0 Å². The number of anilines is 1. The molecule has 1 N–H and O–H groups in total. The number of rotatable bonds is 10. The van der Waals surface area contributed by atoms with E-state index in [2.05, 4.69) is 21.2 Å². The van der Waals surface area contributed by atoms with Crippen LogP contribution in [0.5, 0.6) is 0 Å². The summed E-state index contributed by atoms with van der Waals surface area (Å²) in [7, 11) is -4.11. The van der Waals surface area contributed by atoms with Crippen LogP contribution < -0.4 is 9.62 Å². The van der Waals surface area contributed by atoms with E-state index < -0.39 is 28.5 Å². The van der Waals surface area contributed by atoms with Crippen molar-refractivity contribution in [3.8, 4) is 0 Å². The van der Waals surface area contributed by atoms with Gasteiger partial charge in [-0.05, 0) is 80.8 Å². The molecule has 0 aliphatic heterocycles. The van der Waals surface area contributed by atoms with Crippen LogP contribution in [-0.4, -0.2) is 43.8 Å². The summed E-state index contributed by atoms with van der Waals surface area (Å²) in [5.74, 6) is -0.765. The Bertz CT molecular complexity index is 1460. The molecule has 2 amide bonds. The fourth-order valence-electron chi connectivity index (χ4n) is 4.96. The van der Waals surface area contributed by atoms with Crippen molar-refractivity contribution in [2.75, 3.05) is 10.8 Å². The zero-order valence-corrected chi connectivity index (χ0v) is 26.4. The fraction of sp³-hybridized carbons (Fsp3) is 0.355. The molecule has 0 bridgehead atoms. The van der Waals surface area contributed by atoms with Crippen LogP contribution in [0.15, 0.2) is 82.2 Å². The van der Waals surface area contributed by atoms with Gasteiger partial charge in [-0.25, -0.2) is 8.42 Å². The maximum atomic E-state index is 14.1. The third-order valence-electron chi connectivity index (χ3n) is 7.36. The molecule has 218 valence electrons. The van der Waals surface area contributed by atoms with Crippen LogP contribution in [0.1, 0.15) is 50.2 Å². The van der Waals surface area contributed by atoms with Crippen LogP contribution in [0.3, 0.4) is 0 Å². The van der Waals surface area contributed by atoms with Crippen molar-refractivity contribution in [3.63, 3.8) is 0 Å². The summed E-state index contributed by atoms with van der Waals surface area (Å²) in [6.45, 7) is 3.16. The number of sulfonamides is 1. The summed E-state index contributed by atoms with van der Waals surface area (Å²) in [6.07, 6.45) is 5.09. The molecule has 4 rings (SSSR count). The number of carbonyl (C=O) groups is 2. The Morgan fingerprint density at radius 3 is 2.29 bits per heavy atom. The molecular weight excluding hydrogens is 626 g/mol. The zero-order chi connectivity index (χ0) is 29.6. The summed E-state index contributed by atoms with van der Waals surface area (Å²) >= 11 is 9.61. The lowest BCUT2D eigenvalue weighted by molar-refractivity contribution is -0.139. The molecule has 0 unspecified atom stereocenters. The third kappa shape index (κ3) is 8.11. The van der Waals surface area contributed by atoms with Crippen LogP contribution in [-0.2, 0) is 26.2 Å². The molecule has 10 heteroatoms. The van der Waals surface area contributed by atoms with Crippen LogP contribution in [0.25, 0.3) is 0 Å². The topological polar surface area (TPSA) is 86.8 Å². The van der Waals surface area contributed by atoms with E-state index >= 15 is 0 Å². The number of nitrogens with zero attached hydrogens (tertiary/aromatic N) is 2. The second-order valence-corrected chi connectivity index (χ2v) is 13.7. The summed E-state index contributed by atoms with van der Waals surface area (Å²) in [5, 5.41) is 3.61. The summed E-state index contributed by atoms with van der Waals surface area (Å²) in [5.41, 5.74) is 1.99. The summed E-state index contributed by atoms with van der Waals surface area (Å²) in [4.78, 5) is 28.9. The van der Waals surface area contributed by atoms with Gasteiger partial charge in [0.1, 0.15) is 12.6 Å². The maximum Gasteiger partial charge on any atom is 0.264 e. The molecule has 0 aromatic heterocycles. The van der Waals surface area contributed by atoms with Gasteiger partial charge in [-0.2, -0.15) is 0 Å². The van der Waals surface area contributed by atoms with Gasteiger partial charge in [0, 0.05) is 22.1 Å². The molecule has 3 aromatic rings. The third-order valence-corrected chi connectivity index (χ3v) is 9.92. The average molecular weight is 661 g/mol. The summed E-state index contributed by atoms with van der Waals surface area (Å²) < 4.78 is 29.7. The Morgan fingerprint density at radius 1 is 1.00 bits per heavy atom. The molecule has 41 heavy (non-hydrogen) atoms. The number of nitrogens with one attached hydrogen (secondary N) is 1. The van der Waals surface area contributed by atoms with E-state index in [1.54, 1.807) is 61.5 Å². The van der Waals surface area contributed by atoms with Crippen molar-refractivity contribution in [2.24, 2.45) is 0 Å². The molecule has 0 saturated heterocycles. The number of benzene rings is 3. The number of hydrogen-bond donors (Lipinski definition) is 1. The molecule has 1 atom stereocenters. The standard InChI is InChI=1S/C31H35BrClN3O4S/c1-22-11-17-29(18-12-22)41(39,40)36(28-15-13-25(32)14-16-28)21-30(37)35(20-24-7-6-8-26(33)19-24)23(2)31(38)34-27-9-4-3-5-10-27/h6-8,11-19,23,27H,3-5,9-10,20-21H2,1-2H3,(H,34,38)/t23-/m1/s1.